The first kappa shape index (κ1) is 14.5. The van der Waals surface area contributed by atoms with Crippen LogP contribution >= 0.6 is 0 Å². The summed E-state index contributed by atoms with van der Waals surface area (Å²) >= 11 is 0. The van der Waals surface area contributed by atoms with E-state index in [2.05, 4.69) is 6.58 Å². The first-order chi connectivity index (χ1) is 8.32. The van der Waals surface area contributed by atoms with Crippen LogP contribution in [0.4, 0.5) is 13.2 Å². The van der Waals surface area contributed by atoms with Gasteiger partial charge in [-0.2, -0.15) is 13.2 Å². The Morgan fingerprint density at radius 1 is 1.22 bits per heavy atom. The van der Waals surface area contributed by atoms with Crippen molar-refractivity contribution < 1.29 is 18.0 Å². The molecule has 0 aliphatic rings. The highest BCUT2D eigenvalue weighted by Crippen LogP contribution is 2.29. The molecular formula is C14H15F3O. The van der Waals surface area contributed by atoms with Gasteiger partial charge in [-0.1, -0.05) is 31.2 Å². The van der Waals surface area contributed by atoms with Gasteiger partial charge in [-0.15, -0.1) is 0 Å². The molecule has 0 saturated carbocycles. The number of rotatable bonds is 5. The minimum atomic E-state index is -4.33. The Balaban J connectivity index is 2.64. The number of hydrogen-bond acceptors (Lipinski definition) is 1. The summed E-state index contributed by atoms with van der Waals surface area (Å²) in [7, 11) is 0. The van der Waals surface area contributed by atoms with Crippen molar-refractivity contribution in [3.05, 3.63) is 47.5 Å². The average Bonchev–Trinajstić information content (AvgIpc) is 2.28. The average molecular weight is 256 g/mol. The quantitative estimate of drug-likeness (QED) is 0.722. The van der Waals surface area contributed by atoms with E-state index in [9.17, 15) is 18.0 Å². The molecule has 0 atom stereocenters. The summed E-state index contributed by atoms with van der Waals surface area (Å²) in [6.45, 7) is 5.64. The van der Waals surface area contributed by atoms with Crippen LogP contribution in [0.15, 0.2) is 36.4 Å². The maximum absolute atomic E-state index is 12.3. The fourth-order valence-corrected chi connectivity index (χ4v) is 1.51. The van der Waals surface area contributed by atoms with Gasteiger partial charge < -0.3 is 0 Å². The summed E-state index contributed by atoms with van der Waals surface area (Å²) in [4.78, 5) is 11.6. The molecule has 1 aromatic carbocycles. The van der Waals surface area contributed by atoms with Gasteiger partial charge in [0.1, 0.15) is 5.78 Å². The molecule has 0 fully saturated rings. The third kappa shape index (κ3) is 4.35. The number of alkyl halides is 3. The Morgan fingerprint density at radius 2 is 1.78 bits per heavy atom. The van der Waals surface area contributed by atoms with Crippen molar-refractivity contribution in [3.8, 4) is 0 Å². The van der Waals surface area contributed by atoms with Crippen LogP contribution < -0.4 is 0 Å². The van der Waals surface area contributed by atoms with Gasteiger partial charge in [0, 0.05) is 12.8 Å². The Bertz CT molecular complexity index is 429. The lowest BCUT2D eigenvalue weighted by Crippen LogP contribution is -2.06. The Labute approximate surface area is 104 Å². The number of ketones is 1. The van der Waals surface area contributed by atoms with Crippen LogP contribution in [0.25, 0.3) is 0 Å². The normalized spacial score (nSPS) is 11.3. The lowest BCUT2D eigenvalue weighted by molar-refractivity contribution is -0.137. The lowest BCUT2D eigenvalue weighted by Gasteiger charge is -2.07. The van der Waals surface area contributed by atoms with Crippen molar-refractivity contribution in [2.45, 2.75) is 32.4 Å². The summed E-state index contributed by atoms with van der Waals surface area (Å²) in [6, 6.07) is 4.68. The molecule has 0 aromatic heterocycles. The molecular weight excluding hydrogens is 241 g/mol. The zero-order valence-electron chi connectivity index (χ0n) is 10.2. The van der Waals surface area contributed by atoms with E-state index in [1.807, 2.05) is 6.92 Å². The highest BCUT2D eigenvalue weighted by molar-refractivity contribution is 5.82. The second kappa shape index (κ2) is 5.85. The second-order valence-electron chi connectivity index (χ2n) is 4.19. The maximum atomic E-state index is 12.3. The number of carbonyl (C=O) groups excluding carboxylic acids is 1. The van der Waals surface area contributed by atoms with E-state index in [1.54, 1.807) is 0 Å². The van der Waals surface area contributed by atoms with Crippen molar-refractivity contribution in [3.63, 3.8) is 0 Å². The van der Waals surface area contributed by atoms with Crippen LogP contribution in [0.2, 0.25) is 0 Å². The summed E-state index contributed by atoms with van der Waals surface area (Å²) in [5.41, 5.74) is 0.737. The lowest BCUT2D eigenvalue weighted by atomic mass is 10.0. The third-order valence-corrected chi connectivity index (χ3v) is 2.63. The third-order valence-electron chi connectivity index (χ3n) is 2.63. The Morgan fingerprint density at radius 3 is 2.22 bits per heavy atom. The smallest absolute Gasteiger partial charge is 0.299 e. The first-order valence-corrected chi connectivity index (χ1v) is 5.67. The topological polar surface area (TPSA) is 17.1 Å². The second-order valence-corrected chi connectivity index (χ2v) is 4.19. The van der Waals surface area contributed by atoms with Gasteiger partial charge >= 0.3 is 6.18 Å². The summed E-state index contributed by atoms with van der Waals surface area (Å²) in [5, 5.41) is 0. The number of halogens is 3. The minimum Gasteiger partial charge on any atom is -0.299 e. The van der Waals surface area contributed by atoms with Gasteiger partial charge in [-0.25, -0.2) is 0 Å². The van der Waals surface area contributed by atoms with E-state index in [1.165, 1.54) is 12.1 Å². The van der Waals surface area contributed by atoms with Crippen molar-refractivity contribution in [2.75, 3.05) is 0 Å². The minimum absolute atomic E-state index is 0.0263. The van der Waals surface area contributed by atoms with E-state index >= 15 is 0 Å². The molecule has 1 aromatic rings. The van der Waals surface area contributed by atoms with Crippen molar-refractivity contribution in [1.29, 1.82) is 0 Å². The fraction of sp³-hybridized carbons (Fsp3) is 0.357. The number of hydrogen-bond donors (Lipinski definition) is 0. The van der Waals surface area contributed by atoms with E-state index in [0.717, 1.165) is 24.1 Å². The zero-order chi connectivity index (χ0) is 13.8. The molecule has 0 heterocycles. The molecule has 1 rings (SSSR count). The van der Waals surface area contributed by atoms with E-state index in [-0.39, 0.29) is 18.6 Å². The number of carbonyl (C=O) groups is 1. The van der Waals surface area contributed by atoms with Crippen molar-refractivity contribution in [2.24, 2.45) is 0 Å². The zero-order valence-corrected chi connectivity index (χ0v) is 10.2. The van der Waals surface area contributed by atoms with Gasteiger partial charge in [0.25, 0.3) is 0 Å². The van der Waals surface area contributed by atoms with Gasteiger partial charge in [-0.3, -0.25) is 4.79 Å². The van der Waals surface area contributed by atoms with Crippen LogP contribution in [0.5, 0.6) is 0 Å². The molecule has 0 spiro atoms. The van der Waals surface area contributed by atoms with Crippen LogP contribution in [0.1, 0.15) is 30.9 Å². The fourth-order valence-electron chi connectivity index (χ4n) is 1.51. The molecule has 0 aliphatic carbocycles. The molecule has 98 valence electrons. The van der Waals surface area contributed by atoms with E-state index in [0.29, 0.717) is 5.56 Å². The molecule has 0 saturated heterocycles. The summed E-state index contributed by atoms with van der Waals surface area (Å²) < 4.78 is 37.0. The van der Waals surface area contributed by atoms with Gasteiger partial charge in [-0.05, 0) is 24.1 Å². The van der Waals surface area contributed by atoms with Gasteiger partial charge in [0.2, 0.25) is 0 Å². The van der Waals surface area contributed by atoms with Crippen LogP contribution in [0, 0.1) is 0 Å². The largest absolute Gasteiger partial charge is 0.416 e. The summed E-state index contributed by atoms with van der Waals surface area (Å²) in [6.07, 6.45) is -3.16. The first-order valence-electron chi connectivity index (χ1n) is 5.67. The Hall–Kier alpha value is -1.58. The van der Waals surface area contributed by atoms with Crippen molar-refractivity contribution in [1.82, 2.24) is 0 Å². The predicted molar refractivity (Wildman–Crippen MR) is 64.2 cm³/mol. The molecule has 0 unspecified atom stereocenters. The van der Waals surface area contributed by atoms with Gasteiger partial charge in [0.05, 0.1) is 5.56 Å². The number of Topliss-reactive ketones (excluding diaryl/α,β-unsaturated/α-hetero) is 1. The highest BCUT2D eigenvalue weighted by atomic mass is 19.4. The molecule has 0 radical (unpaired) electrons. The molecule has 0 N–H and O–H groups in total. The van der Waals surface area contributed by atoms with Crippen LogP contribution in [0.3, 0.4) is 0 Å². The van der Waals surface area contributed by atoms with Crippen molar-refractivity contribution >= 4 is 5.78 Å². The molecule has 18 heavy (non-hydrogen) atoms. The number of allylic oxidation sites excluding steroid dienone is 1. The van der Waals surface area contributed by atoms with Crippen LogP contribution in [-0.4, -0.2) is 5.78 Å². The standard InChI is InChI=1S/C14H15F3O/c1-3-10(2)8-13(18)9-11-4-6-12(7-5-11)14(15,16)17/h4-7H,2-3,8-9H2,1H3. The molecule has 1 nitrogen and oxygen atoms in total. The van der Waals surface area contributed by atoms with Gasteiger partial charge in [0.15, 0.2) is 0 Å². The Kier molecular flexibility index (Phi) is 4.70. The molecule has 4 heteroatoms. The molecule has 0 aliphatic heterocycles. The number of benzene rings is 1. The monoisotopic (exact) mass is 256 g/mol. The van der Waals surface area contributed by atoms with Crippen LogP contribution in [-0.2, 0) is 17.4 Å². The molecule has 0 amide bonds. The highest BCUT2D eigenvalue weighted by Gasteiger charge is 2.29. The maximum Gasteiger partial charge on any atom is 0.416 e. The van der Waals surface area contributed by atoms with E-state index < -0.39 is 11.7 Å². The predicted octanol–water partition coefficient (Wildman–Crippen LogP) is 4.17. The molecule has 0 bridgehead atoms. The SMILES string of the molecule is C=C(CC)CC(=O)Cc1ccc(C(F)(F)F)cc1. The van der Waals surface area contributed by atoms with E-state index in [4.69, 9.17) is 0 Å². The summed E-state index contributed by atoms with van der Waals surface area (Å²) in [5.74, 6) is -0.0263.